The van der Waals surface area contributed by atoms with Crippen molar-refractivity contribution in [3.8, 4) is 0 Å². The van der Waals surface area contributed by atoms with Crippen molar-refractivity contribution in [1.29, 1.82) is 0 Å². The molecule has 1 aliphatic rings. The Hall–Kier alpha value is -2.08. The Labute approximate surface area is 161 Å². The summed E-state index contributed by atoms with van der Waals surface area (Å²) >= 11 is 0. The number of amides is 1. The summed E-state index contributed by atoms with van der Waals surface area (Å²) in [5.74, 6) is 0.0215. The van der Waals surface area contributed by atoms with Gasteiger partial charge in [-0.05, 0) is 30.7 Å². The van der Waals surface area contributed by atoms with Gasteiger partial charge < -0.3 is 20.5 Å². The number of alkyl carbamates (subject to hydrolysis) is 1. The summed E-state index contributed by atoms with van der Waals surface area (Å²) in [7, 11) is 1.38. The lowest BCUT2D eigenvalue weighted by molar-refractivity contribution is -0.152. The highest BCUT2D eigenvalue weighted by Gasteiger charge is 2.53. The molecule has 150 valence electrons. The quantitative estimate of drug-likeness (QED) is 0.645. The summed E-state index contributed by atoms with van der Waals surface area (Å²) in [5, 5.41) is 2.97. The second kappa shape index (κ2) is 9.74. The van der Waals surface area contributed by atoms with Crippen molar-refractivity contribution in [2.45, 2.75) is 64.1 Å². The average Bonchev–Trinajstić information content (AvgIpc) is 2.66. The van der Waals surface area contributed by atoms with Crippen LogP contribution < -0.4 is 11.1 Å². The van der Waals surface area contributed by atoms with E-state index < -0.39 is 11.6 Å². The van der Waals surface area contributed by atoms with E-state index in [1.807, 2.05) is 30.3 Å². The van der Waals surface area contributed by atoms with Crippen molar-refractivity contribution < 1.29 is 19.1 Å². The largest absolute Gasteiger partial charge is 0.469 e. The molecule has 1 aliphatic carbocycles. The molecular formula is C21H32N2O4. The van der Waals surface area contributed by atoms with E-state index in [4.69, 9.17) is 15.2 Å². The Morgan fingerprint density at radius 2 is 1.85 bits per heavy atom. The van der Waals surface area contributed by atoms with Gasteiger partial charge in [-0.25, -0.2) is 4.79 Å². The zero-order chi connectivity index (χ0) is 19.9. The molecule has 1 saturated carbocycles. The zero-order valence-electron chi connectivity index (χ0n) is 16.6. The highest BCUT2D eigenvalue weighted by molar-refractivity contribution is 5.75. The van der Waals surface area contributed by atoms with Crippen LogP contribution in [0, 0.1) is 11.8 Å². The normalized spacial score (nSPS) is 22.6. The Morgan fingerprint density at radius 3 is 2.41 bits per heavy atom. The fourth-order valence-electron chi connectivity index (χ4n) is 3.82. The van der Waals surface area contributed by atoms with Gasteiger partial charge in [0.05, 0.1) is 18.6 Å². The van der Waals surface area contributed by atoms with E-state index in [0.29, 0.717) is 18.8 Å². The molecule has 1 aromatic carbocycles. The molecule has 0 aliphatic heterocycles. The number of carbonyl (C=O) groups excluding carboxylic acids is 2. The van der Waals surface area contributed by atoms with Gasteiger partial charge in [0.2, 0.25) is 0 Å². The molecule has 1 unspecified atom stereocenters. The monoisotopic (exact) mass is 376 g/mol. The first-order valence-electron chi connectivity index (χ1n) is 9.76. The summed E-state index contributed by atoms with van der Waals surface area (Å²) in [6.45, 7) is 4.49. The number of nitrogens with two attached hydrogens (primary N) is 1. The average molecular weight is 376 g/mol. The predicted molar refractivity (Wildman–Crippen MR) is 104 cm³/mol. The molecule has 6 heteroatoms. The standard InChI is InChI=1S/C21H32N2O4/c1-4-15(5-2)11-18(22)21(12-17(13-21)19(24)26-3)23-20(25)27-14-16-9-7-6-8-10-16/h6-10,15,17-18H,4-5,11-14,22H2,1-3H3,(H,23,25). The Kier molecular flexibility index (Phi) is 7.66. The van der Waals surface area contributed by atoms with E-state index in [1.165, 1.54) is 7.11 Å². The summed E-state index contributed by atoms with van der Waals surface area (Å²) < 4.78 is 10.2. The third-order valence-corrected chi connectivity index (χ3v) is 5.77. The number of esters is 1. The number of methoxy groups -OCH3 is 1. The van der Waals surface area contributed by atoms with E-state index in [2.05, 4.69) is 19.2 Å². The van der Waals surface area contributed by atoms with Crippen molar-refractivity contribution in [2.75, 3.05) is 7.11 Å². The lowest BCUT2D eigenvalue weighted by atomic mass is 9.63. The van der Waals surface area contributed by atoms with Crippen molar-refractivity contribution >= 4 is 12.1 Å². The van der Waals surface area contributed by atoms with Crippen LogP contribution in [-0.2, 0) is 20.9 Å². The third-order valence-electron chi connectivity index (χ3n) is 5.77. The molecule has 0 bridgehead atoms. The second-order valence-corrected chi connectivity index (χ2v) is 7.50. The van der Waals surface area contributed by atoms with E-state index >= 15 is 0 Å². The summed E-state index contributed by atoms with van der Waals surface area (Å²) in [6, 6.07) is 9.29. The van der Waals surface area contributed by atoms with Crippen molar-refractivity contribution in [3.63, 3.8) is 0 Å². The van der Waals surface area contributed by atoms with Gasteiger partial charge in [0, 0.05) is 6.04 Å². The zero-order valence-corrected chi connectivity index (χ0v) is 16.6. The first-order valence-corrected chi connectivity index (χ1v) is 9.76. The highest BCUT2D eigenvalue weighted by Crippen LogP contribution is 2.42. The molecule has 6 nitrogen and oxygen atoms in total. The second-order valence-electron chi connectivity index (χ2n) is 7.50. The Morgan fingerprint density at radius 1 is 1.22 bits per heavy atom. The molecule has 2 rings (SSSR count). The maximum atomic E-state index is 12.4. The van der Waals surface area contributed by atoms with Gasteiger partial charge >= 0.3 is 12.1 Å². The van der Waals surface area contributed by atoms with E-state index in [9.17, 15) is 9.59 Å². The molecule has 0 aromatic heterocycles. The Balaban J connectivity index is 1.99. The first kappa shape index (κ1) is 21.2. The fourth-order valence-corrected chi connectivity index (χ4v) is 3.82. The van der Waals surface area contributed by atoms with Gasteiger partial charge in [-0.15, -0.1) is 0 Å². The minimum absolute atomic E-state index is 0.199. The molecule has 0 heterocycles. The number of benzene rings is 1. The molecule has 1 amide bonds. The van der Waals surface area contributed by atoms with E-state index in [-0.39, 0.29) is 24.5 Å². The predicted octanol–water partition coefficient (Wildman–Crippen LogP) is 3.39. The van der Waals surface area contributed by atoms with Crippen molar-refractivity contribution in [2.24, 2.45) is 17.6 Å². The van der Waals surface area contributed by atoms with Gasteiger partial charge in [0.25, 0.3) is 0 Å². The maximum Gasteiger partial charge on any atom is 0.407 e. The van der Waals surface area contributed by atoms with Crippen LogP contribution in [0.25, 0.3) is 0 Å². The number of carbonyl (C=O) groups is 2. The minimum Gasteiger partial charge on any atom is -0.469 e. The third kappa shape index (κ3) is 5.45. The van der Waals surface area contributed by atoms with Crippen LogP contribution in [0.1, 0.15) is 51.5 Å². The van der Waals surface area contributed by atoms with Crippen molar-refractivity contribution in [1.82, 2.24) is 5.32 Å². The van der Waals surface area contributed by atoms with Gasteiger partial charge in [-0.3, -0.25) is 4.79 Å². The lowest BCUT2D eigenvalue weighted by Crippen LogP contribution is -2.68. The number of hydrogen-bond donors (Lipinski definition) is 2. The minimum atomic E-state index is -0.616. The number of nitrogens with one attached hydrogen (secondary N) is 1. The number of hydrogen-bond acceptors (Lipinski definition) is 5. The maximum absolute atomic E-state index is 12.4. The molecular weight excluding hydrogens is 344 g/mol. The molecule has 1 fully saturated rings. The summed E-state index contributed by atoms with van der Waals surface area (Å²) in [4.78, 5) is 24.2. The van der Waals surface area contributed by atoms with Crippen LogP contribution in [0.15, 0.2) is 30.3 Å². The Bertz CT molecular complexity index is 610. The smallest absolute Gasteiger partial charge is 0.407 e. The van der Waals surface area contributed by atoms with Gasteiger partial charge in [-0.2, -0.15) is 0 Å². The number of rotatable bonds is 9. The molecule has 1 aromatic rings. The molecule has 0 spiro atoms. The molecule has 27 heavy (non-hydrogen) atoms. The number of ether oxygens (including phenoxy) is 2. The van der Waals surface area contributed by atoms with Crippen LogP contribution in [0.4, 0.5) is 4.79 Å². The summed E-state index contributed by atoms with van der Waals surface area (Å²) in [6.07, 6.45) is 3.36. The van der Waals surface area contributed by atoms with Crippen LogP contribution in [0.5, 0.6) is 0 Å². The molecule has 1 atom stereocenters. The first-order chi connectivity index (χ1) is 12.9. The highest BCUT2D eigenvalue weighted by atomic mass is 16.5. The topological polar surface area (TPSA) is 90.6 Å². The van der Waals surface area contributed by atoms with Crippen molar-refractivity contribution in [3.05, 3.63) is 35.9 Å². The summed E-state index contributed by atoms with van der Waals surface area (Å²) in [5.41, 5.74) is 6.81. The van der Waals surface area contributed by atoms with E-state index in [1.54, 1.807) is 0 Å². The molecule has 0 saturated heterocycles. The van der Waals surface area contributed by atoms with Crippen LogP contribution in [0.3, 0.4) is 0 Å². The van der Waals surface area contributed by atoms with Gasteiger partial charge in [-0.1, -0.05) is 57.0 Å². The van der Waals surface area contributed by atoms with Crippen LogP contribution in [-0.4, -0.2) is 30.8 Å². The molecule has 3 N–H and O–H groups in total. The van der Waals surface area contributed by atoms with Crippen LogP contribution >= 0.6 is 0 Å². The van der Waals surface area contributed by atoms with Gasteiger partial charge in [0.1, 0.15) is 6.61 Å². The van der Waals surface area contributed by atoms with Gasteiger partial charge in [0.15, 0.2) is 0 Å². The van der Waals surface area contributed by atoms with E-state index in [0.717, 1.165) is 24.8 Å². The lowest BCUT2D eigenvalue weighted by Gasteiger charge is -2.50. The fraction of sp³-hybridized carbons (Fsp3) is 0.619. The SMILES string of the molecule is CCC(CC)CC(N)C1(NC(=O)OCc2ccccc2)CC(C(=O)OC)C1. The van der Waals surface area contributed by atoms with Crippen LogP contribution in [0.2, 0.25) is 0 Å². The molecule has 0 radical (unpaired) electrons.